The molecule has 0 aliphatic rings. The van der Waals surface area contributed by atoms with E-state index in [4.69, 9.17) is 5.11 Å². The summed E-state index contributed by atoms with van der Waals surface area (Å²) in [6, 6.07) is 8.04. The zero-order valence-electron chi connectivity index (χ0n) is 11.4. The smallest absolute Gasteiger partial charge is 0.328 e. The molecule has 1 aromatic heterocycles. The molecule has 1 heterocycles. The molecule has 0 radical (unpaired) electrons. The molecule has 1 aromatic carbocycles. The normalized spacial score (nSPS) is 10.8. The number of hydrogen-bond acceptors (Lipinski definition) is 4. The van der Waals surface area contributed by atoms with E-state index in [9.17, 15) is 4.79 Å². The van der Waals surface area contributed by atoms with Gasteiger partial charge in [-0.2, -0.15) is 0 Å². The summed E-state index contributed by atoms with van der Waals surface area (Å²) in [6.45, 7) is 0.692. The minimum absolute atomic E-state index is 0.588. The molecule has 0 aliphatic carbocycles. The number of rotatable bonds is 5. The maximum Gasteiger partial charge on any atom is 0.328 e. The molecule has 0 saturated heterocycles. The van der Waals surface area contributed by atoms with Crippen LogP contribution in [0.25, 0.3) is 6.08 Å². The van der Waals surface area contributed by atoms with Gasteiger partial charge in [-0.15, -0.1) is 0 Å². The Hall–Kier alpha value is -2.21. The van der Waals surface area contributed by atoms with Gasteiger partial charge >= 0.3 is 5.97 Å². The fraction of sp³-hybridized carbons (Fsp3) is 0.133. The minimum atomic E-state index is -0.994. The molecule has 0 aliphatic heterocycles. The van der Waals surface area contributed by atoms with E-state index in [-0.39, 0.29) is 0 Å². The Balaban J connectivity index is 2.04. The zero-order valence-corrected chi connectivity index (χ0v) is 13.0. The quantitative estimate of drug-likeness (QED) is 0.842. The third kappa shape index (κ3) is 4.68. The van der Waals surface area contributed by atoms with Crippen LogP contribution < -0.4 is 4.90 Å². The second kappa shape index (κ2) is 6.99. The van der Waals surface area contributed by atoms with Crippen LogP contribution in [-0.2, 0) is 11.3 Å². The first kappa shape index (κ1) is 15.2. The summed E-state index contributed by atoms with van der Waals surface area (Å²) in [5, 5.41) is 8.56. The number of carbonyl (C=O) groups is 1. The van der Waals surface area contributed by atoms with Crippen LogP contribution in [-0.4, -0.2) is 28.1 Å². The third-order valence-electron chi connectivity index (χ3n) is 2.75. The van der Waals surface area contributed by atoms with Crippen molar-refractivity contribution in [1.29, 1.82) is 0 Å². The average molecular weight is 348 g/mol. The number of carboxylic acid groups (broad SMARTS) is 1. The van der Waals surface area contributed by atoms with E-state index in [1.165, 1.54) is 6.08 Å². The van der Waals surface area contributed by atoms with Gasteiger partial charge in [0.25, 0.3) is 0 Å². The standard InChI is InChI=1S/C15H14BrN3O2/c1-19(10-11-2-5-13(16)6-3-11)15-17-8-12(9-18-15)4-7-14(20)21/h2-9H,10H2,1H3,(H,20,21)/b7-4+. The Morgan fingerprint density at radius 1 is 1.29 bits per heavy atom. The van der Waals surface area contributed by atoms with Crippen molar-refractivity contribution in [3.63, 3.8) is 0 Å². The van der Waals surface area contributed by atoms with E-state index >= 15 is 0 Å². The van der Waals surface area contributed by atoms with Crippen molar-refractivity contribution in [2.75, 3.05) is 11.9 Å². The summed E-state index contributed by atoms with van der Waals surface area (Å²) < 4.78 is 1.04. The number of aromatic nitrogens is 2. The molecule has 0 spiro atoms. The van der Waals surface area contributed by atoms with Gasteiger partial charge in [0, 0.05) is 42.1 Å². The molecule has 2 aromatic rings. The van der Waals surface area contributed by atoms with E-state index in [0.717, 1.165) is 16.1 Å². The number of hydrogen-bond donors (Lipinski definition) is 1. The highest BCUT2D eigenvalue weighted by Gasteiger charge is 2.05. The molecular formula is C15H14BrN3O2. The Kier molecular flexibility index (Phi) is 5.05. The first-order valence-electron chi connectivity index (χ1n) is 6.23. The summed E-state index contributed by atoms with van der Waals surface area (Å²) in [5.74, 6) is -0.406. The maximum atomic E-state index is 10.4. The van der Waals surface area contributed by atoms with Crippen LogP contribution in [0.5, 0.6) is 0 Å². The van der Waals surface area contributed by atoms with Gasteiger partial charge in [0.15, 0.2) is 0 Å². The highest BCUT2D eigenvalue weighted by Crippen LogP contribution is 2.14. The lowest BCUT2D eigenvalue weighted by Crippen LogP contribution is -2.18. The largest absolute Gasteiger partial charge is 0.478 e. The summed E-state index contributed by atoms with van der Waals surface area (Å²) >= 11 is 3.40. The number of aliphatic carboxylic acids is 1. The lowest BCUT2D eigenvalue weighted by Gasteiger charge is -2.16. The Bertz CT molecular complexity index is 639. The minimum Gasteiger partial charge on any atom is -0.478 e. The molecule has 6 heteroatoms. The Morgan fingerprint density at radius 2 is 1.90 bits per heavy atom. The molecule has 21 heavy (non-hydrogen) atoms. The van der Waals surface area contributed by atoms with Gasteiger partial charge in [-0.3, -0.25) is 0 Å². The number of anilines is 1. The fourth-order valence-corrected chi connectivity index (χ4v) is 1.98. The molecule has 5 nitrogen and oxygen atoms in total. The zero-order chi connectivity index (χ0) is 15.2. The van der Waals surface area contributed by atoms with Crippen LogP contribution in [0.2, 0.25) is 0 Å². The maximum absolute atomic E-state index is 10.4. The molecule has 0 atom stereocenters. The molecule has 0 bridgehead atoms. The molecule has 1 N–H and O–H groups in total. The van der Waals surface area contributed by atoms with Crippen LogP contribution in [0.1, 0.15) is 11.1 Å². The lowest BCUT2D eigenvalue weighted by molar-refractivity contribution is -0.131. The van der Waals surface area contributed by atoms with Gasteiger partial charge in [-0.25, -0.2) is 14.8 Å². The van der Waals surface area contributed by atoms with Gasteiger partial charge in [0.1, 0.15) is 0 Å². The predicted molar refractivity (Wildman–Crippen MR) is 85.0 cm³/mol. The number of nitrogens with zero attached hydrogens (tertiary/aromatic N) is 3. The van der Waals surface area contributed by atoms with Gasteiger partial charge in [0.2, 0.25) is 5.95 Å². The van der Waals surface area contributed by atoms with Crippen LogP contribution in [0.4, 0.5) is 5.95 Å². The van der Waals surface area contributed by atoms with Crippen LogP contribution in [0.15, 0.2) is 47.2 Å². The van der Waals surface area contributed by atoms with Crippen molar-refractivity contribution >= 4 is 33.9 Å². The summed E-state index contributed by atoms with van der Waals surface area (Å²) in [5.41, 5.74) is 1.80. The van der Waals surface area contributed by atoms with Gasteiger partial charge < -0.3 is 10.0 Å². The van der Waals surface area contributed by atoms with E-state index in [2.05, 4.69) is 25.9 Å². The number of benzene rings is 1. The molecule has 0 fully saturated rings. The first-order valence-corrected chi connectivity index (χ1v) is 7.02. The third-order valence-corrected chi connectivity index (χ3v) is 3.28. The van der Waals surface area contributed by atoms with E-state index in [0.29, 0.717) is 18.1 Å². The van der Waals surface area contributed by atoms with Crippen molar-refractivity contribution in [2.24, 2.45) is 0 Å². The molecule has 0 amide bonds. The summed E-state index contributed by atoms with van der Waals surface area (Å²) in [6.07, 6.45) is 5.71. The monoisotopic (exact) mass is 347 g/mol. The second-order valence-corrected chi connectivity index (χ2v) is 5.39. The van der Waals surface area contributed by atoms with Crippen molar-refractivity contribution in [3.8, 4) is 0 Å². The first-order chi connectivity index (χ1) is 10.0. The van der Waals surface area contributed by atoms with E-state index in [1.54, 1.807) is 12.4 Å². The molecule has 0 saturated carbocycles. The summed E-state index contributed by atoms with van der Waals surface area (Å²) in [4.78, 5) is 20.8. The molecule has 108 valence electrons. The van der Waals surface area contributed by atoms with E-state index < -0.39 is 5.97 Å². The Labute approximate surface area is 131 Å². The number of carboxylic acids is 1. The SMILES string of the molecule is CN(Cc1ccc(Br)cc1)c1ncc(/C=C/C(=O)O)cn1. The van der Waals surface area contributed by atoms with Crippen molar-refractivity contribution in [3.05, 3.63) is 58.3 Å². The van der Waals surface area contributed by atoms with Crippen molar-refractivity contribution in [2.45, 2.75) is 6.54 Å². The average Bonchev–Trinajstić information content (AvgIpc) is 2.48. The van der Waals surface area contributed by atoms with Crippen LogP contribution in [0, 0.1) is 0 Å². The summed E-state index contributed by atoms with van der Waals surface area (Å²) in [7, 11) is 1.91. The topological polar surface area (TPSA) is 66.3 Å². The molecule has 2 rings (SSSR count). The molecule has 0 unspecified atom stereocenters. The van der Waals surface area contributed by atoms with Gasteiger partial charge in [0.05, 0.1) is 0 Å². The highest BCUT2D eigenvalue weighted by atomic mass is 79.9. The van der Waals surface area contributed by atoms with Crippen molar-refractivity contribution < 1.29 is 9.90 Å². The van der Waals surface area contributed by atoms with Crippen molar-refractivity contribution in [1.82, 2.24) is 9.97 Å². The number of halogens is 1. The van der Waals surface area contributed by atoms with Gasteiger partial charge in [-0.05, 0) is 23.8 Å². The fourth-order valence-electron chi connectivity index (χ4n) is 1.72. The van der Waals surface area contributed by atoms with Crippen LogP contribution in [0.3, 0.4) is 0 Å². The van der Waals surface area contributed by atoms with Crippen LogP contribution >= 0.6 is 15.9 Å². The highest BCUT2D eigenvalue weighted by molar-refractivity contribution is 9.10. The molecular weight excluding hydrogens is 334 g/mol. The lowest BCUT2D eigenvalue weighted by atomic mass is 10.2. The van der Waals surface area contributed by atoms with Gasteiger partial charge in [-0.1, -0.05) is 28.1 Å². The Morgan fingerprint density at radius 3 is 2.48 bits per heavy atom. The predicted octanol–water partition coefficient (Wildman–Crippen LogP) is 2.97. The van der Waals surface area contributed by atoms with E-state index in [1.807, 2.05) is 36.2 Å². The second-order valence-electron chi connectivity index (χ2n) is 4.47.